The van der Waals surface area contributed by atoms with E-state index >= 15 is 0 Å². The van der Waals surface area contributed by atoms with Crippen LogP contribution in [0.3, 0.4) is 0 Å². The molecule has 0 radical (unpaired) electrons. The van der Waals surface area contributed by atoms with Crippen molar-refractivity contribution in [1.82, 2.24) is 20.5 Å². The summed E-state index contributed by atoms with van der Waals surface area (Å²) in [5.41, 5.74) is 3.30. The number of esters is 1. The molecule has 2 aromatic carbocycles. The van der Waals surface area contributed by atoms with Crippen LogP contribution in [0.25, 0.3) is 10.9 Å². The number of rotatable bonds is 3. The van der Waals surface area contributed by atoms with Gasteiger partial charge in [0.05, 0.1) is 12.5 Å². The third-order valence-corrected chi connectivity index (χ3v) is 8.60. The Bertz CT molecular complexity index is 1560. The lowest BCUT2D eigenvalue weighted by Crippen LogP contribution is -2.55. The van der Waals surface area contributed by atoms with Crippen LogP contribution in [-0.2, 0) is 30.3 Å². The molecule has 0 fully saturated rings. The summed E-state index contributed by atoms with van der Waals surface area (Å²) in [6.07, 6.45) is 3.86. The third kappa shape index (κ3) is 8.32. The van der Waals surface area contributed by atoms with Gasteiger partial charge in [-0.2, -0.15) is 0 Å². The monoisotopic (exact) mass is 616 g/mol. The topological polar surface area (TPSA) is 141 Å². The number of carbonyl (C=O) groups is 4. The van der Waals surface area contributed by atoms with Gasteiger partial charge in [-0.15, -0.1) is 0 Å². The number of amides is 3. The lowest BCUT2D eigenvalue weighted by molar-refractivity contribution is -0.150. The first kappa shape index (κ1) is 33.3. The van der Waals surface area contributed by atoms with Crippen molar-refractivity contribution in [2.24, 2.45) is 11.8 Å². The maximum Gasteiger partial charge on any atom is 0.308 e. The number of ether oxygens (including phenoxy) is 1. The number of para-hydroxylation sites is 1. The zero-order valence-electron chi connectivity index (χ0n) is 26.8. The fourth-order valence-corrected chi connectivity index (χ4v) is 5.77. The summed E-state index contributed by atoms with van der Waals surface area (Å²) >= 11 is 0. The maximum atomic E-state index is 14.1. The number of phenolic OH excluding ortho intramolecular Hbond substituents is 1. The van der Waals surface area contributed by atoms with Crippen LogP contribution in [0.1, 0.15) is 64.6 Å². The predicted molar refractivity (Wildman–Crippen MR) is 172 cm³/mol. The second-order valence-corrected chi connectivity index (χ2v) is 12.3. The van der Waals surface area contributed by atoms with E-state index in [1.807, 2.05) is 57.3 Å². The van der Waals surface area contributed by atoms with E-state index in [1.165, 1.54) is 17.0 Å². The number of hydrogen-bond acceptors (Lipinski definition) is 6. The first-order chi connectivity index (χ1) is 21.3. The molecule has 2 heterocycles. The Hall–Kier alpha value is -4.60. The number of H-pyrrole nitrogens is 1. The molecule has 45 heavy (non-hydrogen) atoms. The molecule has 0 unspecified atom stereocenters. The molecule has 3 aromatic rings. The largest absolute Gasteiger partial charge is 0.508 e. The fraction of sp³-hybridized carbons (Fsp3) is 0.429. The van der Waals surface area contributed by atoms with Crippen molar-refractivity contribution in [3.05, 3.63) is 77.5 Å². The van der Waals surface area contributed by atoms with E-state index in [0.717, 1.165) is 22.0 Å². The molecule has 4 N–H and O–H groups in total. The van der Waals surface area contributed by atoms with Crippen LogP contribution in [-0.4, -0.2) is 63.9 Å². The number of aromatic amines is 1. The number of aromatic hydroxyl groups is 1. The number of benzene rings is 2. The number of carbonyl (C=O) groups excluding carboxylic acids is 4. The van der Waals surface area contributed by atoms with Gasteiger partial charge in [0, 0.05) is 42.4 Å². The second kappa shape index (κ2) is 14.5. The zero-order valence-corrected chi connectivity index (χ0v) is 26.8. The zero-order chi connectivity index (χ0) is 32.8. The quantitative estimate of drug-likeness (QED) is 0.251. The van der Waals surface area contributed by atoms with E-state index in [-0.39, 0.29) is 30.4 Å². The number of likely N-dealkylation sites (N-methyl/N-ethyl adjacent to an activating group) is 1. The van der Waals surface area contributed by atoms with E-state index in [2.05, 4.69) is 15.6 Å². The normalized spacial score (nSPS) is 27.5. The minimum atomic E-state index is -0.980. The van der Waals surface area contributed by atoms with Crippen LogP contribution in [0, 0.1) is 11.8 Å². The number of fused-ring (bicyclic) bond motifs is 1. The number of allylic oxidation sites excluding steroid dienone is 1. The Morgan fingerprint density at radius 1 is 0.911 bits per heavy atom. The number of cyclic esters (lactones) is 1. The number of nitrogens with one attached hydrogen (secondary N) is 3. The van der Waals surface area contributed by atoms with Crippen molar-refractivity contribution < 1.29 is 29.0 Å². The van der Waals surface area contributed by atoms with Crippen LogP contribution in [0.15, 0.2) is 66.4 Å². The van der Waals surface area contributed by atoms with Crippen molar-refractivity contribution in [3.8, 4) is 5.75 Å². The van der Waals surface area contributed by atoms with Crippen molar-refractivity contribution in [3.63, 3.8) is 0 Å². The van der Waals surface area contributed by atoms with Gasteiger partial charge >= 0.3 is 5.97 Å². The van der Waals surface area contributed by atoms with Crippen molar-refractivity contribution in [1.29, 1.82) is 0 Å². The summed E-state index contributed by atoms with van der Waals surface area (Å²) in [6.45, 7) is 9.10. The van der Waals surface area contributed by atoms with Gasteiger partial charge in [0.15, 0.2) is 0 Å². The molecule has 240 valence electrons. The maximum absolute atomic E-state index is 14.1. The predicted octanol–water partition coefficient (Wildman–Crippen LogP) is 4.55. The summed E-state index contributed by atoms with van der Waals surface area (Å²) < 4.78 is 5.80. The molecule has 3 amide bonds. The van der Waals surface area contributed by atoms with Gasteiger partial charge < -0.3 is 30.4 Å². The molecule has 10 heteroatoms. The highest BCUT2D eigenvalue weighted by Crippen LogP contribution is 2.25. The molecule has 4 rings (SSSR count). The first-order valence-corrected chi connectivity index (χ1v) is 15.4. The Balaban J connectivity index is 1.73. The van der Waals surface area contributed by atoms with Crippen LogP contribution in [0.4, 0.5) is 0 Å². The van der Waals surface area contributed by atoms with Crippen molar-refractivity contribution >= 4 is 34.6 Å². The minimum Gasteiger partial charge on any atom is -0.508 e. The molecule has 0 spiro atoms. The average molecular weight is 617 g/mol. The molecular formula is C35H44N4O6. The molecule has 1 aliphatic heterocycles. The van der Waals surface area contributed by atoms with E-state index < -0.39 is 47.9 Å². The van der Waals surface area contributed by atoms with E-state index in [0.29, 0.717) is 12.0 Å². The third-order valence-electron chi connectivity index (χ3n) is 8.60. The molecule has 0 bridgehead atoms. The summed E-state index contributed by atoms with van der Waals surface area (Å²) in [6, 6.07) is 11.3. The molecule has 0 aliphatic carbocycles. The Labute approximate surface area is 264 Å². The lowest BCUT2D eigenvalue weighted by Gasteiger charge is -2.32. The molecular weight excluding hydrogens is 572 g/mol. The van der Waals surface area contributed by atoms with E-state index in [9.17, 15) is 24.3 Å². The molecule has 1 aliphatic rings. The Morgan fingerprint density at radius 2 is 1.60 bits per heavy atom. The van der Waals surface area contributed by atoms with E-state index in [4.69, 9.17) is 4.74 Å². The first-order valence-electron chi connectivity index (χ1n) is 15.4. The smallest absolute Gasteiger partial charge is 0.308 e. The number of nitrogens with zero attached hydrogens (tertiary/aromatic N) is 1. The van der Waals surface area contributed by atoms with Crippen molar-refractivity contribution in [2.45, 2.75) is 78.1 Å². The van der Waals surface area contributed by atoms with Gasteiger partial charge in [-0.3, -0.25) is 19.2 Å². The minimum absolute atomic E-state index is 0.0466. The molecule has 1 aromatic heterocycles. The Kier molecular flexibility index (Phi) is 10.7. The molecule has 6 atom stereocenters. The highest BCUT2D eigenvalue weighted by atomic mass is 16.5. The Morgan fingerprint density at radius 3 is 2.31 bits per heavy atom. The highest BCUT2D eigenvalue weighted by molar-refractivity contribution is 5.93. The summed E-state index contributed by atoms with van der Waals surface area (Å²) in [4.78, 5) is 58.8. The van der Waals surface area contributed by atoms with Gasteiger partial charge in [-0.1, -0.05) is 55.8 Å². The SMILES string of the molecule is C/C1=C\[C@H](C)[C@@H](C)OC(=O)C[C@H](c2ccc(O)cc2)NC(=O)[C@@H](Cc2c[nH]c3ccccc23)N(C)C(=O)[C@H](C)NC(=O)[C@H](C)C1. The molecule has 0 saturated carbocycles. The van der Waals surface area contributed by atoms with Gasteiger partial charge in [-0.25, -0.2) is 0 Å². The van der Waals surface area contributed by atoms with Gasteiger partial charge in [0.1, 0.15) is 23.9 Å². The number of aromatic nitrogens is 1. The lowest BCUT2D eigenvalue weighted by atomic mass is 9.96. The van der Waals surface area contributed by atoms with Gasteiger partial charge in [0.25, 0.3) is 0 Å². The van der Waals surface area contributed by atoms with Crippen LogP contribution in [0.5, 0.6) is 5.75 Å². The number of hydrogen-bond donors (Lipinski definition) is 4. The summed E-state index contributed by atoms with van der Waals surface area (Å²) in [5.74, 6) is -2.15. The van der Waals surface area contributed by atoms with Gasteiger partial charge in [0.2, 0.25) is 17.7 Å². The number of phenols is 1. The molecule has 0 saturated heterocycles. The standard InChI is InChI=1S/C35H44N4O6/c1-20-15-21(2)24(5)45-32(41)18-30(25-11-13-27(40)14-12-25)38-34(43)31(17-26-19-36-29-10-8-7-9-28(26)29)39(6)35(44)23(4)37-33(42)22(3)16-20/h7-15,19,21-24,30-31,36,40H,16-18H2,1-6H3,(H,37,42)(H,38,43)/b20-15+/t21-,22+,23-,24+,30+,31+/m0/s1. The van der Waals surface area contributed by atoms with Crippen LogP contribution >= 0.6 is 0 Å². The second-order valence-electron chi connectivity index (χ2n) is 12.3. The average Bonchev–Trinajstić information content (AvgIpc) is 3.41. The summed E-state index contributed by atoms with van der Waals surface area (Å²) in [5, 5.41) is 16.6. The fourth-order valence-electron chi connectivity index (χ4n) is 5.77. The van der Waals surface area contributed by atoms with Gasteiger partial charge in [-0.05, 0) is 56.5 Å². The highest BCUT2D eigenvalue weighted by Gasteiger charge is 2.34. The van der Waals surface area contributed by atoms with E-state index in [1.54, 1.807) is 33.0 Å². The van der Waals surface area contributed by atoms with Crippen molar-refractivity contribution in [2.75, 3.05) is 7.05 Å². The summed E-state index contributed by atoms with van der Waals surface area (Å²) in [7, 11) is 1.55. The van der Waals surface area contributed by atoms with Crippen LogP contribution < -0.4 is 10.6 Å². The van der Waals surface area contributed by atoms with Crippen LogP contribution in [0.2, 0.25) is 0 Å². The molecule has 10 nitrogen and oxygen atoms in total.